The number of halogens is 3. The van der Waals surface area contributed by atoms with Crippen LogP contribution in [0.15, 0.2) is 24.3 Å². The van der Waals surface area contributed by atoms with Crippen molar-refractivity contribution in [1.29, 1.82) is 0 Å². The summed E-state index contributed by atoms with van der Waals surface area (Å²) in [4.78, 5) is 12.9. The normalized spacial score (nSPS) is 24.8. The molecule has 2 N–H and O–H groups in total. The molecule has 1 aliphatic heterocycles. The van der Waals surface area contributed by atoms with Gasteiger partial charge >= 0.3 is 12.1 Å². The number of nitrogens with zero attached hydrogens (tertiary/aromatic N) is 1. The van der Waals surface area contributed by atoms with Gasteiger partial charge in [0.15, 0.2) is 5.60 Å². The third-order valence-corrected chi connectivity index (χ3v) is 4.76. The van der Waals surface area contributed by atoms with E-state index in [0.717, 1.165) is 12.5 Å². The number of carbonyl (C=O) groups is 1. The van der Waals surface area contributed by atoms with Gasteiger partial charge in [0, 0.05) is 12.1 Å². The van der Waals surface area contributed by atoms with E-state index < -0.39 is 28.8 Å². The van der Waals surface area contributed by atoms with Crippen molar-refractivity contribution < 1.29 is 28.2 Å². The van der Waals surface area contributed by atoms with Gasteiger partial charge in [-0.05, 0) is 51.3 Å². The first-order valence-electron chi connectivity index (χ1n) is 7.82. The van der Waals surface area contributed by atoms with E-state index in [1.54, 1.807) is 11.0 Å². The zero-order valence-corrected chi connectivity index (χ0v) is 13.7. The van der Waals surface area contributed by atoms with E-state index in [1.807, 2.05) is 6.92 Å². The van der Waals surface area contributed by atoms with E-state index >= 15 is 0 Å². The molecule has 4 nitrogen and oxygen atoms in total. The topological polar surface area (TPSA) is 60.8 Å². The fraction of sp³-hybridized carbons (Fsp3) is 0.588. The van der Waals surface area contributed by atoms with Gasteiger partial charge < -0.3 is 10.2 Å². The molecular weight excluding hydrogens is 323 g/mol. The van der Waals surface area contributed by atoms with Crippen LogP contribution in [0.25, 0.3) is 0 Å². The molecule has 134 valence electrons. The summed E-state index contributed by atoms with van der Waals surface area (Å²) in [5.41, 5.74) is -3.03. The highest BCUT2D eigenvalue weighted by molar-refractivity contribution is 5.76. The highest BCUT2D eigenvalue weighted by Gasteiger charge is 2.44. The molecule has 0 spiro atoms. The number of likely N-dealkylation sites (tertiary alicyclic amines) is 1. The number of carboxylic acids is 1. The standard InChI is InChI=1S/C17H22F3NO3/c1-15(8-5-9-21(15)11-16(2,24)14(22)23)10-12-6-3-4-7-13(12)17(18,19)20/h3-4,6-7,24H,5,8-11H2,1-2H3,(H,22,23). The zero-order chi connectivity index (χ0) is 18.2. The molecular formula is C17H22F3NO3. The molecule has 0 aromatic heterocycles. The van der Waals surface area contributed by atoms with Crippen molar-refractivity contribution in [2.75, 3.05) is 13.1 Å². The Kier molecular flexibility index (Phi) is 4.97. The SMILES string of the molecule is CC(O)(CN1CCCC1(C)Cc1ccccc1C(F)(F)F)C(=O)O. The first-order valence-corrected chi connectivity index (χ1v) is 7.82. The van der Waals surface area contributed by atoms with Crippen molar-refractivity contribution in [2.45, 2.75) is 50.4 Å². The molecule has 24 heavy (non-hydrogen) atoms. The van der Waals surface area contributed by atoms with Crippen LogP contribution in [0, 0.1) is 0 Å². The van der Waals surface area contributed by atoms with Crippen LogP contribution in [-0.4, -0.2) is 45.3 Å². The van der Waals surface area contributed by atoms with E-state index in [1.165, 1.54) is 19.1 Å². The smallest absolute Gasteiger partial charge is 0.416 e. The average Bonchev–Trinajstić information content (AvgIpc) is 2.78. The highest BCUT2D eigenvalue weighted by Crippen LogP contribution is 2.38. The minimum atomic E-state index is -4.43. The van der Waals surface area contributed by atoms with Crippen molar-refractivity contribution >= 4 is 5.97 Å². The molecule has 0 radical (unpaired) electrons. The van der Waals surface area contributed by atoms with Crippen LogP contribution in [-0.2, 0) is 17.4 Å². The summed E-state index contributed by atoms with van der Waals surface area (Å²) in [7, 11) is 0. The lowest BCUT2D eigenvalue weighted by Crippen LogP contribution is -2.53. The van der Waals surface area contributed by atoms with Gasteiger partial charge in [0.05, 0.1) is 5.56 Å². The highest BCUT2D eigenvalue weighted by atomic mass is 19.4. The fourth-order valence-electron chi connectivity index (χ4n) is 3.35. The average molecular weight is 345 g/mol. The molecule has 0 amide bonds. The number of hydrogen-bond donors (Lipinski definition) is 2. The predicted molar refractivity (Wildman–Crippen MR) is 82.6 cm³/mol. The number of benzene rings is 1. The Balaban J connectivity index is 2.26. The number of hydrogen-bond acceptors (Lipinski definition) is 3. The number of β-amino-alcohol motifs (C(OH)–C–C–N with tert-alkyl or cyclic N) is 1. The van der Waals surface area contributed by atoms with E-state index in [0.29, 0.717) is 13.0 Å². The predicted octanol–water partition coefficient (Wildman–Crippen LogP) is 2.94. The summed E-state index contributed by atoms with van der Waals surface area (Å²) < 4.78 is 39.6. The van der Waals surface area contributed by atoms with Gasteiger partial charge in [-0.1, -0.05) is 18.2 Å². The van der Waals surface area contributed by atoms with Crippen molar-refractivity contribution in [2.24, 2.45) is 0 Å². The van der Waals surface area contributed by atoms with Crippen LogP contribution in [0.5, 0.6) is 0 Å². The maximum Gasteiger partial charge on any atom is 0.416 e. The second-order valence-electron chi connectivity index (χ2n) is 6.93. The molecule has 2 rings (SSSR count). The fourth-order valence-corrected chi connectivity index (χ4v) is 3.35. The Bertz CT molecular complexity index is 615. The third-order valence-electron chi connectivity index (χ3n) is 4.76. The molecule has 0 saturated carbocycles. The van der Waals surface area contributed by atoms with Crippen molar-refractivity contribution in [3.8, 4) is 0 Å². The van der Waals surface area contributed by atoms with E-state index in [9.17, 15) is 23.1 Å². The summed E-state index contributed by atoms with van der Waals surface area (Å²) >= 11 is 0. The van der Waals surface area contributed by atoms with Gasteiger partial charge in [-0.15, -0.1) is 0 Å². The van der Waals surface area contributed by atoms with Gasteiger partial charge in [-0.2, -0.15) is 13.2 Å². The summed E-state index contributed by atoms with van der Waals surface area (Å²) in [6.45, 7) is 3.46. The van der Waals surface area contributed by atoms with Crippen LogP contribution in [0.3, 0.4) is 0 Å². The number of rotatable bonds is 5. The van der Waals surface area contributed by atoms with E-state index in [2.05, 4.69) is 0 Å². The lowest BCUT2D eigenvalue weighted by Gasteiger charge is -2.39. The van der Waals surface area contributed by atoms with Gasteiger partial charge in [-0.25, -0.2) is 4.79 Å². The molecule has 1 saturated heterocycles. The Morgan fingerprint density at radius 3 is 2.54 bits per heavy atom. The third kappa shape index (κ3) is 3.89. The van der Waals surface area contributed by atoms with Crippen molar-refractivity contribution in [1.82, 2.24) is 4.90 Å². The number of aliphatic hydroxyl groups is 1. The van der Waals surface area contributed by atoms with Crippen LogP contribution >= 0.6 is 0 Å². The molecule has 2 atom stereocenters. The zero-order valence-electron chi connectivity index (χ0n) is 13.7. The van der Waals surface area contributed by atoms with Crippen molar-refractivity contribution in [3.63, 3.8) is 0 Å². The maximum absolute atomic E-state index is 13.2. The van der Waals surface area contributed by atoms with Crippen LogP contribution < -0.4 is 0 Å². The van der Waals surface area contributed by atoms with Gasteiger partial charge in [0.25, 0.3) is 0 Å². The molecule has 1 fully saturated rings. The van der Waals surface area contributed by atoms with Gasteiger partial charge in [0.2, 0.25) is 0 Å². The Morgan fingerprint density at radius 1 is 1.33 bits per heavy atom. The molecule has 7 heteroatoms. The van der Waals surface area contributed by atoms with Crippen molar-refractivity contribution in [3.05, 3.63) is 35.4 Å². The monoisotopic (exact) mass is 345 g/mol. The van der Waals surface area contributed by atoms with Gasteiger partial charge in [0.1, 0.15) is 0 Å². The number of alkyl halides is 3. The molecule has 1 aliphatic rings. The summed E-state index contributed by atoms with van der Waals surface area (Å²) in [5, 5.41) is 19.1. The summed E-state index contributed by atoms with van der Waals surface area (Å²) in [6, 6.07) is 5.45. The maximum atomic E-state index is 13.2. The molecule has 1 aromatic rings. The number of carboxylic acid groups (broad SMARTS) is 1. The quantitative estimate of drug-likeness (QED) is 0.861. The lowest BCUT2D eigenvalue weighted by molar-refractivity contribution is -0.159. The molecule has 0 aliphatic carbocycles. The molecule has 1 aromatic carbocycles. The van der Waals surface area contributed by atoms with Gasteiger partial charge in [-0.3, -0.25) is 4.90 Å². The number of aliphatic carboxylic acids is 1. The summed E-state index contributed by atoms with van der Waals surface area (Å²) in [6.07, 6.45) is -2.88. The summed E-state index contributed by atoms with van der Waals surface area (Å²) in [5.74, 6) is -1.34. The first-order chi connectivity index (χ1) is 11.0. The molecule has 1 heterocycles. The van der Waals surface area contributed by atoms with Crippen LogP contribution in [0.2, 0.25) is 0 Å². The van der Waals surface area contributed by atoms with E-state index in [4.69, 9.17) is 5.11 Å². The Labute approximate surface area is 138 Å². The molecule has 2 unspecified atom stereocenters. The lowest BCUT2D eigenvalue weighted by atomic mass is 9.87. The Morgan fingerprint density at radius 2 is 1.96 bits per heavy atom. The van der Waals surface area contributed by atoms with E-state index in [-0.39, 0.29) is 18.5 Å². The first kappa shape index (κ1) is 18.7. The largest absolute Gasteiger partial charge is 0.479 e. The van der Waals surface area contributed by atoms with Crippen LogP contribution in [0.4, 0.5) is 13.2 Å². The Hall–Kier alpha value is -1.60. The molecule has 0 bridgehead atoms. The second-order valence-corrected chi connectivity index (χ2v) is 6.93. The second kappa shape index (κ2) is 6.37. The minimum absolute atomic E-state index is 0.118. The van der Waals surface area contributed by atoms with Crippen LogP contribution in [0.1, 0.15) is 37.8 Å². The minimum Gasteiger partial charge on any atom is -0.479 e.